The molecule has 0 saturated heterocycles. The Hall–Kier alpha value is -4.59. The molecule has 0 amide bonds. The van der Waals surface area contributed by atoms with Gasteiger partial charge < -0.3 is 24.1 Å². The minimum atomic E-state index is -1.33. The predicted molar refractivity (Wildman–Crippen MR) is 140 cm³/mol. The normalized spacial score (nSPS) is 16.4. The predicted octanol–water partition coefficient (Wildman–Crippen LogP) is 4.99. The lowest BCUT2D eigenvalue weighted by atomic mass is 9.81. The molecule has 8 heteroatoms. The zero-order valence-electron chi connectivity index (χ0n) is 21.6. The maximum absolute atomic E-state index is 13.5. The SMILES string of the molecule is COc1ccc(OC)c(C(C2=C(O)OC(C)(C)OC2=O)C(c2ccc3ccccc3n2)[n+]2ccccc2)c1. The molecule has 0 saturated carbocycles. The van der Waals surface area contributed by atoms with E-state index in [9.17, 15) is 9.90 Å². The van der Waals surface area contributed by atoms with Gasteiger partial charge in [0.25, 0.3) is 11.7 Å². The second kappa shape index (κ2) is 10.0. The number of aliphatic hydroxyl groups is 1. The lowest BCUT2D eigenvalue weighted by Crippen LogP contribution is -2.47. The van der Waals surface area contributed by atoms with E-state index in [4.69, 9.17) is 23.9 Å². The van der Waals surface area contributed by atoms with Gasteiger partial charge in [-0.1, -0.05) is 30.3 Å². The van der Waals surface area contributed by atoms with Crippen LogP contribution in [0.2, 0.25) is 0 Å². The second-order valence-electron chi connectivity index (χ2n) is 9.39. The largest absolute Gasteiger partial charge is 0.497 e. The van der Waals surface area contributed by atoms with E-state index in [0.717, 1.165) is 10.9 Å². The van der Waals surface area contributed by atoms with Crippen molar-refractivity contribution in [2.75, 3.05) is 14.2 Å². The molecular weight excluding hydrogens is 484 g/mol. The summed E-state index contributed by atoms with van der Waals surface area (Å²) in [5.74, 6) is -2.33. The summed E-state index contributed by atoms with van der Waals surface area (Å²) in [6, 6.07) is 22.1. The van der Waals surface area contributed by atoms with Crippen LogP contribution in [0, 0.1) is 0 Å². The first-order valence-electron chi connectivity index (χ1n) is 12.2. The van der Waals surface area contributed by atoms with Gasteiger partial charge in [-0.25, -0.2) is 9.78 Å². The van der Waals surface area contributed by atoms with Crippen LogP contribution < -0.4 is 14.0 Å². The third-order valence-electron chi connectivity index (χ3n) is 6.51. The third-order valence-corrected chi connectivity index (χ3v) is 6.51. The number of aromatic nitrogens is 2. The zero-order valence-corrected chi connectivity index (χ0v) is 21.6. The van der Waals surface area contributed by atoms with Crippen LogP contribution in [-0.2, 0) is 14.3 Å². The zero-order chi connectivity index (χ0) is 26.9. The summed E-state index contributed by atoms with van der Waals surface area (Å²) in [4.78, 5) is 18.5. The third kappa shape index (κ3) is 4.72. The fraction of sp³-hybridized carbons (Fsp3) is 0.233. The molecule has 8 nitrogen and oxygen atoms in total. The molecule has 5 rings (SSSR count). The lowest BCUT2D eigenvalue weighted by Gasteiger charge is -2.34. The number of methoxy groups -OCH3 is 2. The van der Waals surface area contributed by atoms with E-state index in [1.165, 1.54) is 0 Å². The highest BCUT2D eigenvalue weighted by Crippen LogP contribution is 2.45. The van der Waals surface area contributed by atoms with Crippen molar-refractivity contribution in [1.82, 2.24) is 4.98 Å². The van der Waals surface area contributed by atoms with Crippen molar-refractivity contribution in [3.8, 4) is 11.5 Å². The van der Waals surface area contributed by atoms with Crippen molar-refractivity contribution in [3.05, 3.63) is 108 Å². The summed E-state index contributed by atoms with van der Waals surface area (Å²) in [5, 5.41) is 12.1. The summed E-state index contributed by atoms with van der Waals surface area (Å²) < 4.78 is 24.5. The Kier molecular flexibility index (Phi) is 6.63. The van der Waals surface area contributed by atoms with E-state index < -0.39 is 29.7 Å². The molecule has 0 aliphatic carbocycles. The van der Waals surface area contributed by atoms with Gasteiger partial charge in [-0.2, -0.15) is 4.57 Å². The Morgan fingerprint density at radius 2 is 1.68 bits per heavy atom. The van der Waals surface area contributed by atoms with Crippen molar-refractivity contribution in [2.24, 2.45) is 0 Å². The highest BCUT2D eigenvalue weighted by Gasteiger charge is 2.48. The minimum absolute atomic E-state index is 0.0489. The van der Waals surface area contributed by atoms with E-state index in [1.54, 1.807) is 46.3 Å². The van der Waals surface area contributed by atoms with Crippen LogP contribution in [0.15, 0.2) is 96.7 Å². The van der Waals surface area contributed by atoms with Gasteiger partial charge in [-0.3, -0.25) is 0 Å². The van der Waals surface area contributed by atoms with Gasteiger partial charge in [-0.05, 0) is 30.3 Å². The van der Waals surface area contributed by atoms with Crippen LogP contribution in [0.1, 0.15) is 37.1 Å². The number of hydrogen-bond donors (Lipinski definition) is 1. The first kappa shape index (κ1) is 25.1. The molecule has 0 bridgehead atoms. The summed E-state index contributed by atoms with van der Waals surface area (Å²) in [6.07, 6.45) is 3.77. The number of esters is 1. The molecule has 3 heterocycles. The minimum Gasteiger partial charge on any atom is -0.497 e. The molecule has 194 valence electrons. The maximum atomic E-state index is 13.5. The van der Waals surface area contributed by atoms with Crippen LogP contribution in [0.5, 0.6) is 11.5 Å². The average molecular weight is 514 g/mol. The summed E-state index contributed by atoms with van der Waals surface area (Å²) in [6.45, 7) is 3.13. The number of cyclic esters (lactones) is 1. The number of carbonyl (C=O) groups excluding carboxylic acids is 1. The molecule has 2 aromatic carbocycles. The lowest BCUT2D eigenvalue weighted by molar-refractivity contribution is -0.716. The number of hydrogen-bond acceptors (Lipinski definition) is 7. The molecule has 0 fully saturated rings. The standard InChI is InChI=1S/C30H28N2O6/c1-30(2)37-28(33)26(29(34)38-30)25(21-18-20(35-3)13-15-24(21)36-4)27(32-16-8-5-9-17-32)23-14-12-19-10-6-7-11-22(19)31-23/h5-18,25,27H,1-4H3/p+1. The molecule has 2 unspecified atom stereocenters. The Bertz CT molecular complexity index is 1520. The molecule has 4 aromatic rings. The van der Waals surface area contributed by atoms with E-state index in [1.807, 2.05) is 71.6 Å². The number of fused-ring (bicyclic) bond motifs is 1. The van der Waals surface area contributed by atoms with Crippen LogP contribution in [0.4, 0.5) is 0 Å². The molecular formula is C30H29N2O6+. The number of carbonyl (C=O) groups is 1. The quantitative estimate of drug-likeness (QED) is 0.275. The van der Waals surface area contributed by atoms with E-state index in [-0.39, 0.29) is 5.57 Å². The molecule has 38 heavy (non-hydrogen) atoms. The van der Waals surface area contributed by atoms with Gasteiger partial charge in [0.15, 0.2) is 12.4 Å². The van der Waals surface area contributed by atoms with E-state index in [0.29, 0.717) is 22.8 Å². The highest BCUT2D eigenvalue weighted by atomic mass is 16.8. The van der Waals surface area contributed by atoms with Gasteiger partial charge in [0.1, 0.15) is 22.8 Å². The highest BCUT2D eigenvalue weighted by molar-refractivity contribution is 5.92. The monoisotopic (exact) mass is 513 g/mol. The van der Waals surface area contributed by atoms with Crippen molar-refractivity contribution in [2.45, 2.75) is 31.6 Å². The molecule has 0 radical (unpaired) electrons. The Morgan fingerprint density at radius 1 is 0.921 bits per heavy atom. The first-order chi connectivity index (χ1) is 18.3. The van der Waals surface area contributed by atoms with Gasteiger partial charge in [-0.15, -0.1) is 0 Å². The summed E-state index contributed by atoms with van der Waals surface area (Å²) in [5.41, 5.74) is 1.99. The topological polar surface area (TPSA) is 91.0 Å². The number of pyridine rings is 2. The average Bonchev–Trinajstić information content (AvgIpc) is 2.91. The van der Waals surface area contributed by atoms with Crippen molar-refractivity contribution in [1.29, 1.82) is 0 Å². The molecule has 0 spiro atoms. The fourth-order valence-electron chi connectivity index (χ4n) is 4.84. The Labute approximate surface area is 220 Å². The Balaban J connectivity index is 1.83. The van der Waals surface area contributed by atoms with Crippen molar-refractivity contribution < 1.29 is 33.4 Å². The number of benzene rings is 2. The second-order valence-corrected chi connectivity index (χ2v) is 9.39. The molecule has 1 aliphatic heterocycles. The van der Waals surface area contributed by atoms with Crippen molar-refractivity contribution in [3.63, 3.8) is 0 Å². The molecule has 2 aromatic heterocycles. The summed E-state index contributed by atoms with van der Waals surface area (Å²) in [7, 11) is 3.11. The van der Waals surface area contributed by atoms with Crippen LogP contribution in [0.3, 0.4) is 0 Å². The number of ether oxygens (including phenoxy) is 4. The van der Waals surface area contributed by atoms with Gasteiger partial charge in [0.05, 0.1) is 25.7 Å². The van der Waals surface area contributed by atoms with Crippen LogP contribution >= 0.6 is 0 Å². The van der Waals surface area contributed by atoms with Gasteiger partial charge >= 0.3 is 5.97 Å². The van der Waals surface area contributed by atoms with Crippen LogP contribution in [-0.4, -0.2) is 36.1 Å². The van der Waals surface area contributed by atoms with Crippen LogP contribution in [0.25, 0.3) is 10.9 Å². The fourth-order valence-corrected chi connectivity index (χ4v) is 4.84. The van der Waals surface area contributed by atoms with Crippen molar-refractivity contribution >= 4 is 16.9 Å². The number of rotatable bonds is 7. The summed E-state index contributed by atoms with van der Waals surface area (Å²) >= 11 is 0. The first-order valence-corrected chi connectivity index (χ1v) is 12.2. The maximum Gasteiger partial charge on any atom is 0.345 e. The van der Waals surface area contributed by atoms with E-state index in [2.05, 4.69) is 0 Å². The molecule has 1 N–H and O–H groups in total. The number of nitrogens with zero attached hydrogens (tertiary/aromatic N) is 2. The smallest absolute Gasteiger partial charge is 0.345 e. The number of aliphatic hydroxyl groups excluding tert-OH is 1. The van der Waals surface area contributed by atoms with E-state index >= 15 is 0 Å². The molecule has 1 aliphatic rings. The van der Waals surface area contributed by atoms with Gasteiger partial charge in [0.2, 0.25) is 6.04 Å². The van der Waals surface area contributed by atoms with Gasteiger partial charge in [0, 0.05) is 36.9 Å². The Morgan fingerprint density at radius 3 is 2.39 bits per heavy atom. The molecule has 2 atom stereocenters. The number of para-hydroxylation sites is 1.